The molecule has 1 aromatic rings. The second-order valence-corrected chi connectivity index (χ2v) is 3.75. The third-order valence-corrected chi connectivity index (χ3v) is 2.59. The SMILES string of the molecule is C#CCCC(O)c1c(F)cccc1Br. The molecule has 1 N–H and O–H groups in total. The first-order valence-corrected chi connectivity index (χ1v) is 5.01. The van der Waals surface area contributed by atoms with Crippen molar-refractivity contribution < 1.29 is 9.50 Å². The van der Waals surface area contributed by atoms with Crippen molar-refractivity contribution in [2.75, 3.05) is 0 Å². The monoisotopic (exact) mass is 256 g/mol. The number of aliphatic hydroxyl groups is 1. The Labute approximate surface area is 91.1 Å². The van der Waals surface area contributed by atoms with E-state index in [4.69, 9.17) is 6.42 Å². The Hall–Kier alpha value is -0.850. The van der Waals surface area contributed by atoms with E-state index in [1.165, 1.54) is 6.07 Å². The van der Waals surface area contributed by atoms with Gasteiger partial charge in [-0.1, -0.05) is 22.0 Å². The van der Waals surface area contributed by atoms with Crippen molar-refractivity contribution in [2.45, 2.75) is 18.9 Å². The predicted octanol–water partition coefficient (Wildman–Crippen LogP) is 3.04. The van der Waals surface area contributed by atoms with Gasteiger partial charge in [-0.25, -0.2) is 4.39 Å². The highest BCUT2D eigenvalue weighted by molar-refractivity contribution is 9.10. The van der Waals surface area contributed by atoms with E-state index in [0.29, 0.717) is 17.3 Å². The third kappa shape index (κ3) is 2.57. The Morgan fingerprint density at radius 3 is 2.86 bits per heavy atom. The Morgan fingerprint density at radius 1 is 1.57 bits per heavy atom. The van der Waals surface area contributed by atoms with Gasteiger partial charge >= 0.3 is 0 Å². The molecule has 0 radical (unpaired) electrons. The maximum Gasteiger partial charge on any atom is 0.130 e. The van der Waals surface area contributed by atoms with Crippen LogP contribution in [0.4, 0.5) is 4.39 Å². The number of rotatable bonds is 3. The first kappa shape index (κ1) is 11.2. The minimum atomic E-state index is -0.846. The quantitative estimate of drug-likeness (QED) is 0.825. The van der Waals surface area contributed by atoms with Crippen LogP contribution >= 0.6 is 15.9 Å². The molecule has 0 aromatic heterocycles. The van der Waals surface area contributed by atoms with E-state index in [0.717, 1.165) is 0 Å². The summed E-state index contributed by atoms with van der Waals surface area (Å²) in [5.41, 5.74) is 0.280. The third-order valence-electron chi connectivity index (χ3n) is 1.90. The lowest BCUT2D eigenvalue weighted by Crippen LogP contribution is -2.01. The molecule has 0 saturated heterocycles. The number of benzene rings is 1. The van der Waals surface area contributed by atoms with Gasteiger partial charge in [0.2, 0.25) is 0 Å². The molecule has 1 atom stereocenters. The molecular formula is C11H10BrFO. The maximum atomic E-state index is 13.3. The molecule has 1 aromatic carbocycles. The highest BCUT2D eigenvalue weighted by Crippen LogP contribution is 2.28. The largest absolute Gasteiger partial charge is 0.388 e. The Balaban J connectivity index is 2.89. The van der Waals surface area contributed by atoms with E-state index in [-0.39, 0.29) is 5.56 Å². The summed E-state index contributed by atoms with van der Waals surface area (Å²) in [6.45, 7) is 0. The van der Waals surface area contributed by atoms with E-state index >= 15 is 0 Å². The van der Waals surface area contributed by atoms with Crippen LogP contribution in [-0.4, -0.2) is 5.11 Å². The van der Waals surface area contributed by atoms with Crippen LogP contribution in [0.25, 0.3) is 0 Å². The van der Waals surface area contributed by atoms with Crippen LogP contribution in [0, 0.1) is 18.2 Å². The summed E-state index contributed by atoms with van der Waals surface area (Å²) < 4.78 is 13.9. The lowest BCUT2D eigenvalue weighted by Gasteiger charge is -2.12. The zero-order valence-electron chi connectivity index (χ0n) is 7.50. The average molecular weight is 257 g/mol. The summed E-state index contributed by atoms with van der Waals surface area (Å²) in [7, 11) is 0. The molecule has 3 heteroatoms. The summed E-state index contributed by atoms with van der Waals surface area (Å²) in [5.74, 6) is 2.00. The van der Waals surface area contributed by atoms with Crippen molar-refractivity contribution in [3.05, 3.63) is 34.1 Å². The molecule has 14 heavy (non-hydrogen) atoms. The van der Waals surface area contributed by atoms with Gasteiger partial charge in [-0.3, -0.25) is 0 Å². The van der Waals surface area contributed by atoms with Crippen molar-refractivity contribution in [3.8, 4) is 12.3 Å². The molecule has 1 nitrogen and oxygen atoms in total. The lowest BCUT2D eigenvalue weighted by atomic mass is 10.0. The van der Waals surface area contributed by atoms with Crippen LogP contribution < -0.4 is 0 Å². The van der Waals surface area contributed by atoms with Gasteiger partial charge in [-0.15, -0.1) is 12.3 Å². The summed E-state index contributed by atoms with van der Waals surface area (Å²) >= 11 is 3.19. The maximum absolute atomic E-state index is 13.3. The fourth-order valence-corrected chi connectivity index (χ4v) is 1.80. The molecule has 0 aliphatic rings. The smallest absolute Gasteiger partial charge is 0.130 e. The van der Waals surface area contributed by atoms with Crippen LogP contribution in [0.2, 0.25) is 0 Å². The lowest BCUT2D eigenvalue weighted by molar-refractivity contribution is 0.164. The number of halogens is 2. The topological polar surface area (TPSA) is 20.2 Å². The predicted molar refractivity (Wildman–Crippen MR) is 57.1 cm³/mol. The van der Waals surface area contributed by atoms with Gasteiger partial charge in [0.25, 0.3) is 0 Å². The highest BCUT2D eigenvalue weighted by atomic mass is 79.9. The summed E-state index contributed by atoms with van der Waals surface area (Å²) in [4.78, 5) is 0. The molecule has 0 saturated carbocycles. The zero-order chi connectivity index (χ0) is 10.6. The van der Waals surface area contributed by atoms with E-state index in [9.17, 15) is 9.50 Å². The fourth-order valence-electron chi connectivity index (χ4n) is 1.19. The second kappa shape index (κ2) is 5.14. The van der Waals surface area contributed by atoms with Crippen molar-refractivity contribution in [3.63, 3.8) is 0 Å². The molecule has 1 rings (SSSR count). The van der Waals surface area contributed by atoms with Gasteiger partial charge in [0, 0.05) is 16.5 Å². The summed E-state index contributed by atoms with van der Waals surface area (Å²) in [6, 6.07) is 4.59. The van der Waals surface area contributed by atoms with Crippen LogP contribution in [0.15, 0.2) is 22.7 Å². The molecular weight excluding hydrogens is 247 g/mol. The number of terminal acetylenes is 1. The first-order valence-electron chi connectivity index (χ1n) is 4.22. The number of aliphatic hydroxyl groups excluding tert-OH is 1. The molecule has 0 heterocycles. The number of hydrogen-bond donors (Lipinski definition) is 1. The Bertz CT molecular complexity index is 337. The molecule has 0 aliphatic heterocycles. The van der Waals surface area contributed by atoms with Crippen molar-refractivity contribution in [2.24, 2.45) is 0 Å². The van der Waals surface area contributed by atoms with Gasteiger partial charge < -0.3 is 5.11 Å². The fraction of sp³-hybridized carbons (Fsp3) is 0.273. The van der Waals surface area contributed by atoms with Gasteiger partial charge in [0.15, 0.2) is 0 Å². The Morgan fingerprint density at radius 2 is 2.29 bits per heavy atom. The van der Waals surface area contributed by atoms with Crippen LogP contribution in [0.1, 0.15) is 24.5 Å². The van der Waals surface area contributed by atoms with E-state index in [1.807, 2.05) is 0 Å². The molecule has 74 valence electrons. The highest BCUT2D eigenvalue weighted by Gasteiger charge is 2.15. The summed E-state index contributed by atoms with van der Waals surface area (Å²) in [5, 5.41) is 9.65. The average Bonchev–Trinajstić information content (AvgIpc) is 2.14. The van der Waals surface area contributed by atoms with Gasteiger partial charge in [-0.05, 0) is 18.6 Å². The van der Waals surface area contributed by atoms with Crippen molar-refractivity contribution >= 4 is 15.9 Å². The normalized spacial score (nSPS) is 12.1. The molecule has 0 aliphatic carbocycles. The minimum absolute atomic E-state index is 0.280. The molecule has 0 spiro atoms. The molecule has 0 fully saturated rings. The van der Waals surface area contributed by atoms with Crippen LogP contribution in [-0.2, 0) is 0 Å². The Kier molecular flexibility index (Phi) is 4.12. The van der Waals surface area contributed by atoms with Gasteiger partial charge in [0.05, 0.1) is 6.10 Å². The van der Waals surface area contributed by atoms with Crippen LogP contribution in [0.5, 0.6) is 0 Å². The van der Waals surface area contributed by atoms with E-state index in [1.54, 1.807) is 12.1 Å². The van der Waals surface area contributed by atoms with Crippen molar-refractivity contribution in [1.82, 2.24) is 0 Å². The summed E-state index contributed by atoms with van der Waals surface area (Å²) in [6.07, 6.45) is 5.02. The van der Waals surface area contributed by atoms with E-state index < -0.39 is 11.9 Å². The van der Waals surface area contributed by atoms with Gasteiger partial charge in [-0.2, -0.15) is 0 Å². The van der Waals surface area contributed by atoms with Crippen LogP contribution in [0.3, 0.4) is 0 Å². The first-order chi connectivity index (χ1) is 6.66. The molecule has 1 unspecified atom stereocenters. The molecule has 0 amide bonds. The zero-order valence-corrected chi connectivity index (χ0v) is 9.09. The molecule has 0 bridgehead atoms. The number of hydrogen-bond acceptors (Lipinski definition) is 1. The van der Waals surface area contributed by atoms with E-state index in [2.05, 4.69) is 21.9 Å². The van der Waals surface area contributed by atoms with Gasteiger partial charge in [0.1, 0.15) is 5.82 Å². The minimum Gasteiger partial charge on any atom is -0.388 e. The standard InChI is InChI=1S/C11H10BrFO/c1-2-3-7-10(14)11-8(12)5-4-6-9(11)13/h1,4-6,10,14H,3,7H2. The van der Waals surface area contributed by atoms with Crippen molar-refractivity contribution in [1.29, 1.82) is 0 Å². The second-order valence-electron chi connectivity index (χ2n) is 2.89.